The Morgan fingerprint density at radius 3 is 2.62 bits per heavy atom. The van der Waals surface area contributed by atoms with E-state index in [1.165, 1.54) is 0 Å². The molecule has 0 aliphatic heterocycles. The number of anilines is 1. The number of halogens is 2. The van der Waals surface area contributed by atoms with Crippen LogP contribution in [0.1, 0.15) is 31.5 Å². The van der Waals surface area contributed by atoms with Gasteiger partial charge in [0.2, 0.25) is 5.91 Å². The predicted octanol–water partition coefficient (Wildman–Crippen LogP) is 3.47. The lowest BCUT2D eigenvalue weighted by Gasteiger charge is -2.15. The highest BCUT2D eigenvalue weighted by atomic mass is 19.3. The van der Waals surface area contributed by atoms with E-state index in [1.807, 2.05) is 26.0 Å². The molecule has 0 saturated carbocycles. The Bertz CT molecular complexity index is 909. The van der Waals surface area contributed by atoms with Crippen molar-refractivity contribution in [3.05, 3.63) is 47.7 Å². The normalized spacial score (nSPS) is 11.2. The number of alkyl halides is 2. The van der Waals surface area contributed by atoms with E-state index < -0.39 is 6.61 Å². The number of hydrogen-bond donors (Lipinski definition) is 3. The second kappa shape index (κ2) is 13.1. The highest BCUT2D eigenvalue weighted by molar-refractivity contribution is 5.90. The number of carbonyl (C=O) groups is 1. The molecule has 1 heterocycles. The van der Waals surface area contributed by atoms with Crippen molar-refractivity contribution in [3.8, 4) is 11.5 Å². The van der Waals surface area contributed by atoms with Crippen LogP contribution in [-0.4, -0.2) is 43.2 Å². The van der Waals surface area contributed by atoms with Crippen LogP contribution in [0.2, 0.25) is 0 Å². The zero-order valence-corrected chi connectivity index (χ0v) is 18.5. The fraction of sp³-hybridized carbons (Fsp3) is 0.409. The van der Waals surface area contributed by atoms with Gasteiger partial charge < -0.3 is 25.4 Å². The van der Waals surface area contributed by atoms with E-state index in [-0.39, 0.29) is 30.4 Å². The van der Waals surface area contributed by atoms with E-state index >= 15 is 0 Å². The number of pyridine rings is 1. The van der Waals surface area contributed by atoms with Crippen LogP contribution in [0, 0.1) is 6.92 Å². The van der Waals surface area contributed by atoms with Gasteiger partial charge in [0.05, 0.1) is 13.2 Å². The van der Waals surface area contributed by atoms with Crippen molar-refractivity contribution in [1.82, 2.24) is 15.6 Å². The maximum Gasteiger partial charge on any atom is 0.387 e. The first kappa shape index (κ1) is 24.8. The highest BCUT2D eigenvalue weighted by Crippen LogP contribution is 2.33. The molecule has 32 heavy (non-hydrogen) atoms. The molecular formula is C22H29F2N5O3. The number of hydrogen-bond acceptors (Lipinski definition) is 5. The molecule has 0 bridgehead atoms. The summed E-state index contributed by atoms with van der Waals surface area (Å²) in [6.07, 6.45) is 0.194. The van der Waals surface area contributed by atoms with Gasteiger partial charge in [0, 0.05) is 30.8 Å². The molecular weight excluding hydrogens is 420 g/mol. The fourth-order valence-electron chi connectivity index (χ4n) is 2.80. The van der Waals surface area contributed by atoms with Gasteiger partial charge in [0.15, 0.2) is 17.5 Å². The Morgan fingerprint density at radius 1 is 1.16 bits per heavy atom. The Kier molecular flexibility index (Phi) is 10.2. The summed E-state index contributed by atoms with van der Waals surface area (Å²) in [7, 11) is 0. The Balaban J connectivity index is 1.99. The number of para-hydroxylation sites is 1. The Morgan fingerprint density at radius 2 is 1.94 bits per heavy atom. The number of guanidine groups is 1. The largest absolute Gasteiger partial charge is 0.490 e. The van der Waals surface area contributed by atoms with Crippen LogP contribution >= 0.6 is 0 Å². The lowest BCUT2D eigenvalue weighted by atomic mass is 10.2. The molecule has 8 nitrogen and oxygen atoms in total. The second-order valence-corrected chi connectivity index (χ2v) is 6.64. The molecule has 0 aliphatic rings. The molecule has 10 heteroatoms. The standard InChI is InChI=1S/C22H29F2N5O3/c1-4-25-22(26-13-12-19(30)29-18-11-6-8-15(3)28-18)27-14-16-9-7-10-17(31-5-2)20(16)32-21(23)24/h6-11,21H,4-5,12-14H2,1-3H3,(H2,25,26,27)(H,28,29,30). The molecule has 3 N–H and O–H groups in total. The summed E-state index contributed by atoms with van der Waals surface area (Å²) in [5.74, 6) is 0.951. The van der Waals surface area contributed by atoms with Crippen molar-refractivity contribution in [2.24, 2.45) is 4.99 Å². The average molecular weight is 450 g/mol. The van der Waals surface area contributed by atoms with Crippen LogP contribution in [0.3, 0.4) is 0 Å². The van der Waals surface area contributed by atoms with Crippen molar-refractivity contribution in [1.29, 1.82) is 0 Å². The topological polar surface area (TPSA) is 96.9 Å². The monoisotopic (exact) mass is 449 g/mol. The van der Waals surface area contributed by atoms with Crippen LogP contribution in [-0.2, 0) is 11.3 Å². The number of benzene rings is 1. The van der Waals surface area contributed by atoms with Crippen molar-refractivity contribution in [3.63, 3.8) is 0 Å². The SMILES string of the molecule is CCNC(=NCc1cccc(OCC)c1OC(F)F)NCCC(=O)Nc1cccc(C)n1. The fourth-order valence-corrected chi connectivity index (χ4v) is 2.80. The maximum atomic E-state index is 12.9. The van der Waals surface area contributed by atoms with Gasteiger partial charge >= 0.3 is 6.61 Å². The van der Waals surface area contributed by atoms with E-state index in [2.05, 4.69) is 30.7 Å². The number of carbonyl (C=O) groups excluding carboxylic acids is 1. The van der Waals surface area contributed by atoms with Gasteiger partial charge in [0.1, 0.15) is 5.82 Å². The maximum absolute atomic E-state index is 12.9. The Hall–Kier alpha value is -3.43. The van der Waals surface area contributed by atoms with E-state index in [1.54, 1.807) is 31.2 Å². The van der Waals surface area contributed by atoms with Gasteiger partial charge in [0.25, 0.3) is 0 Å². The lowest BCUT2D eigenvalue weighted by Crippen LogP contribution is -2.38. The summed E-state index contributed by atoms with van der Waals surface area (Å²) in [4.78, 5) is 20.8. The third kappa shape index (κ3) is 8.37. The van der Waals surface area contributed by atoms with Crippen molar-refractivity contribution >= 4 is 17.7 Å². The third-order valence-electron chi connectivity index (χ3n) is 4.12. The summed E-state index contributed by atoms with van der Waals surface area (Å²) in [6, 6.07) is 10.3. The number of nitrogens with one attached hydrogen (secondary N) is 3. The summed E-state index contributed by atoms with van der Waals surface area (Å²) in [5.41, 5.74) is 1.27. The van der Waals surface area contributed by atoms with Crippen LogP contribution < -0.4 is 25.4 Å². The van der Waals surface area contributed by atoms with Crippen LogP contribution in [0.15, 0.2) is 41.4 Å². The molecule has 1 aromatic carbocycles. The second-order valence-electron chi connectivity index (χ2n) is 6.64. The van der Waals surface area contributed by atoms with Gasteiger partial charge in [-0.2, -0.15) is 8.78 Å². The van der Waals surface area contributed by atoms with Crippen molar-refractivity contribution in [2.75, 3.05) is 25.0 Å². The van der Waals surface area contributed by atoms with Gasteiger partial charge in [-0.25, -0.2) is 9.98 Å². The summed E-state index contributed by atoms with van der Waals surface area (Å²) < 4.78 is 35.8. The molecule has 1 aromatic heterocycles. The number of aromatic nitrogens is 1. The van der Waals surface area contributed by atoms with Gasteiger partial charge in [-0.1, -0.05) is 18.2 Å². The molecule has 0 saturated heterocycles. The summed E-state index contributed by atoms with van der Waals surface area (Å²) in [5, 5.41) is 8.85. The molecule has 0 fully saturated rings. The molecule has 0 aliphatic carbocycles. The number of ether oxygens (including phenoxy) is 2. The average Bonchev–Trinajstić information content (AvgIpc) is 2.73. The first-order chi connectivity index (χ1) is 15.4. The smallest absolute Gasteiger partial charge is 0.387 e. The molecule has 1 amide bonds. The van der Waals surface area contributed by atoms with Crippen LogP contribution in [0.25, 0.3) is 0 Å². The number of amides is 1. The number of aryl methyl sites for hydroxylation is 1. The highest BCUT2D eigenvalue weighted by Gasteiger charge is 2.15. The first-order valence-corrected chi connectivity index (χ1v) is 10.4. The summed E-state index contributed by atoms with van der Waals surface area (Å²) in [6.45, 7) is 3.83. The van der Waals surface area contributed by atoms with Crippen LogP contribution in [0.5, 0.6) is 11.5 Å². The zero-order chi connectivity index (χ0) is 23.3. The minimum Gasteiger partial charge on any atom is -0.490 e. The minimum absolute atomic E-state index is 0.0334. The molecule has 174 valence electrons. The van der Waals surface area contributed by atoms with E-state index in [4.69, 9.17) is 4.74 Å². The molecule has 0 atom stereocenters. The van der Waals surface area contributed by atoms with E-state index in [9.17, 15) is 13.6 Å². The van der Waals surface area contributed by atoms with Crippen LogP contribution in [0.4, 0.5) is 14.6 Å². The molecule has 0 spiro atoms. The third-order valence-corrected chi connectivity index (χ3v) is 4.12. The van der Waals surface area contributed by atoms with Gasteiger partial charge in [-0.15, -0.1) is 0 Å². The predicted molar refractivity (Wildman–Crippen MR) is 119 cm³/mol. The quantitative estimate of drug-likeness (QED) is 0.359. The van der Waals surface area contributed by atoms with Crippen molar-refractivity contribution < 1.29 is 23.0 Å². The van der Waals surface area contributed by atoms with Gasteiger partial charge in [-0.05, 0) is 39.0 Å². The van der Waals surface area contributed by atoms with E-state index in [0.717, 1.165) is 5.69 Å². The Labute approximate surface area is 186 Å². The minimum atomic E-state index is -2.98. The molecule has 2 aromatic rings. The lowest BCUT2D eigenvalue weighted by molar-refractivity contribution is -0.116. The van der Waals surface area contributed by atoms with Gasteiger partial charge in [-0.3, -0.25) is 4.79 Å². The molecule has 2 rings (SSSR count). The molecule has 0 unspecified atom stereocenters. The van der Waals surface area contributed by atoms with Crippen molar-refractivity contribution in [2.45, 2.75) is 40.3 Å². The summed E-state index contributed by atoms with van der Waals surface area (Å²) >= 11 is 0. The number of rotatable bonds is 11. The molecule has 0 radical (unpaired) electrons. The number of aliphatic imine (C=N–C) groups is 1. The number of nitrogens with zero attached hydrogens (tertiary/aromatic N) is 2. The first-order valence-electron chi connectivity index (χ1n) is 10.4. The zero-order valence-electron chi connectivity index (χ0n) is 18.5. The van der Waals surface area contributed by atoms with E-state index in [0.29, 0.717) is 37.0 Å².